The van der Waals surface area contributed by atoms with Gasteiger partial charge in [-0.2, -0.15) is 23.1 Å². The third-order valence-electron chi connectivity index (χ3n) is 3.19. The van der Waals surface area contributed by atoms with Crippen molar-refractivity contribution in [2.45, 2.75) is 17.1 Å². The minimum absolute atomic E-state index is 0.0175. The fraction of sp³-hybridized carbons (Fsp3) is 0.125. The molecule has 0 saturated carbocycles. The van der Waals surface area contributed by atoms with E-state index in [2.05, 4.69) is 9.97 Å². The molecular weight excluding hydrogens is 395 g/mol. The first kappa shape index (κ1) is 18.7. The van der Waals surface area contributed by atoms with Crippen molar-refractivity contribution in [3.8, 4) is 10.6 Å². The molecule has 0 N–H and O–H groups in total. The highest BCUT2D eigenvalue weighted by Crippen LogP contribution is 2.32. The van der Waals surface area contributed by atoms with E-state index in [1.165, 1.54) is 11.3 Å². The first-order chi connectivity index (χ1) is 12.2. The minimum Gasteiger partial charge on any atom is -0.609 e. The number of alkyl halides is 3. The summed E-state index contributed by atoms with van der Waals surface area (Å²) in [6.07, 6.45) is -4.75. The van der Waals surface area contributed by atoms with Gasteiger partial charge in [-0.15, -0.1) is 11.3 Å². The van der Waals surface area contributed by atoms with Crippen molar-refractivity contribution in [1.29, 1.82) is 0 Å². The molecule has 1 atom stereocenters. The van der Waals surface area contributed by atoms with E-state index in [4.69, 9.17) is 0 Å². The van der Waals surface area contributed by atoms with Crippen LogP contribution in [0, 0.1) is 11.6 Å². The molecule has 0 aliphatic carbocycles. The maximum Gasteiger partial charge on any atom is 0.433 e. The van der Waals surface area contributed by atoms with Crippen molar-refractivity contribution in [1.82, 2.24) is 9.97 Å². The van der Waals surface area contributed by atoms with E-state index in [0.29, 0.717) is 10.9 Å². The summed E-state index contributed by atoms with van der Waals surface area (Å²) in [6, 6.07) is 6.53. The highest BCUT2D eigenvalue weighted by Gasteiger charge is 2.35. The van der Waals surface area contributed by atoms with Crippen LogP contribution in [0.5, 0.6) is 0 Å². The van der Waals surface area contributed by atoms with Crippen LogP contribution in [0.15, 0.2) is 46.9 Å². The number of benzene rings is 1. The van der Waals surface area contributed by atoms with Crippen LogP contribution < -0.4 is 0 Å². The van der Waals surface area contributed by atoms with E-state index in [9.17, 15) is 26.5 Å². The Bertz CT molecular complexity index is 895. The standard InChI is InChI=1S/C16H9F5N2OS2/c17-10-4-9(5-11(18)6-10)8-26(24)15-22-12(13-2-1-3-25-13)7-14(23-15)16(19,20)21/h1-7H,8H2. The van der Waals surface area contributed by atoms with Gasteiger partial charge >= 0.3 is 11.3 Å². The van der Waals surface area contributed by atoms with Crippen LogP contribution in [-0.4, -0.2) is 14.5 Å². The Morgan fingerprint density at radius 3 is 2.31 bits per heavy atom. The molecule has 0 aliphatic heterocycles. The van der Waals surface area contributed by atoms with Crippen LogP contribution in [0.1, 0.15) is 11.3 Å². The van der Waals surface area contributed by atoms with E-state index >= 15 is 0 Å². The van der Waals surface area contributed by atoms with Crippen molar-refractivity contribution in [3.63, 3.8) is 0 Å². The Balaban J connectivity index is 1.98. The van der Waals surface area contributed by atoms with Crippen LogP contribution in [0.3, 0.4) is 0 Å². The Kier molecular flexibility index (Phi) is 5.26. The molecule has 3 aromatic rings. The molecule has 0 fully saturated rings. The average molecular weight is 404 g/mol. The minimum atomic E-state index is -4.75. The lowest BCUT2D eigenvalue weighted by molar-refractivity contribution is -0.141. The summed E-state index contributed by atoms with van der Waals surface area (Å²) in [7, 11) is 0. The Labute approximate surface area is 151 Å². The third-order valence-corrected chi connectivity index (χ3v) is 5.27. The molecule has 3 nitrogen and oxygen atoms in total. The van der Waals surface area contributed by atoms with Gasteiger partial charge in [0.05, 0.1) is 10.6 Å². The van der Waals surface area contributed by atoms with Crippen LogP contribution in [0.4, 0.5) is 22.0 Å². The van der Waals surface area contributed by atoms with E-state index in [1.54, 1.807) is 17.5 Å². The van der Waals surface area contributed by atoms with Gasteiger partial charge in [-0.05, 0) is 29.6 Å². The molecule has 0 bridgehead atoms. The molecule has 1 unspecified atom stereocenters. The molecule has 0 aliphatic rings. The van der Waals surface area contributed by atoms with Gasteiger partial charge < -0.3 is 4.55 Å². The number of thiophene rings is 1. The second-order valence-electron chi connectivity index (χ2n) is 5.16. The molecule has 0 amide bonds. The summed E-state index contributed by atoms with van der Waals surface area (Å²) in [5, 5.41) is 1.12. The van der Waals surface area contributed by atoms with Gasteiger partial charge in [0.2, 0.25) is 0 Å². The maximum absolute atomic E-state index is 13.2. The van der Waals surface area contributed by atoms with Gasteiger partial charge in [-0.3, -0.25) is 0 Å². The third kappa shape index (κ3) is 4.37. The number of hydrogen-bond acceptors (Lipinski definition) is 4. The molecule has 1 aromatic carbocycles. The quantitative estimate of drug-likeness (QED) is 0.356. The van der Waals surface area contributed by atoms with Crippen molar-refractivity contribution in [3.05, 3.63) is 64.7 Å². The summed E-state index contributed by atoms with van der Waals surface area (Å²) in [5.74, 6) is -2.16. The molecule has 3 rings (SSSR count). The molecule has 26 heavy (non-hydrogen) atoms. The predicted molar refractivity (Wildman–Crippen MR) is 86.8 cm³/mol. The van der Waals surface area contributed by atoms with Crippen LogP contribution >= 0.6 is 11.3 Å². The van der Waals surface area contributed by atoms with Gasteiger partial charge in [0.1, 0.15) is 17.4 Å². The monoisotopic (exact) mass is 404 g/mol. The zero-order chi connectivity index (χ0) is 18.9. The van der Waals surface area contributed by atoms with Gasteiger partial charge in [-0.25, -0.2) is 8.78 Å². The van der Waals surface area contributed by atoms with E-state index < -0.39 is 45.6 Å². The van der Waals surface area contributed by atoms with Crippen LogP contribution in [-0.2, 0) is 23.1 Å². The summed E-state index contributed by atoms with van der Waals surface area (Å²) in [6.45, 7) is 0. The fourth-order valence-electron chi connectivity index (χ4n) is 2.13. The zero-order valence-electron chi connectivity index (χ0n) is 12.8. The van der Waals surface area contributed by atoms with E-state index in [-0.39, 0.29) is 11.3 Å². The Hall–Kier alpha value is -2.04. The summed E-state index contributed by atoms with van der Waals surface area (Å²) in [4.78, 5) is 7.73. The van der Waals surface area contributed by atoms with Crippen molar-refractivity contribution in [2.24, 2.45) is 0 Å². The average Bonchev–Trinajstić information content (AvgIpc) is 3.07. The normalized spacial score (nSPS) is 13.0. The number of halogens is 5. The first-order valence-corrected chi connectivity index (χ1v) is 9.26. The highest BCUT2D eigenvalue weighted by atomic mass is 32.2. The Morgan fingerprint density at radius 1 is 1.04 bits per heavy atom. The van der Waals surface area contributed by atoms with Gasteiger partial charge in [0.15, 0.2) is 5.69 Å². The summed E-state index contributed by atoms with van der Waals surface area (Å²) < 4.78 is 78.2. The lowest BCUT2D eigenvalue weighted by Crippen LogP contribution is -2.16. The maximum atomic E-state index is 13.2. The SMILES string of the molecule is [O-][S+](Cc1cc(F)cc(F)c1)c1nc(-c2cccs2)cc(C(F)(F)F)n1. The molecule has 136 valence electrons. The topological polar surface area (TPSA) is 48.8 Å². The number of rotatable bonds is 4. The lowest BCUT2D eigenvalue weighted by Gasteiger charge is -2.12. The second-order valence-corrected chi connectivity index (χ2v) is 7.46. The van der Waals surface area contributed by atoms with Gasteiger partial charge in [0.25, 0.3) is 0 Å². The van der Waals surface area contributed by atoms with E-state index in [0.717, 1.165) is 18.2 Å². The highest BCUT2D eigenvalue weighted by molar-refractivity contribution is 7.90. The van der Waals surface area contributed by atoms with Gasteiger partial charge in [0, 0.05) is 22.8 Å². The molecule has 2 heterocycles. The smallest absolute Gasteiger partial charge is 0.433 e. The second kappa shape index (κ2) is 7.29. The predicted octanol–water partition coefficient (Wildman–Crippen LogP) is 4.81. The summed E-state index contributed by atoms with van der Waals surface area (Å²) >= 11 is -0.951. The largest absolute Gasteiger partial charge is 0.609 e. The van der Waals surface area contributed by atoms with Crippen molar-refractivity contribution >= 4 is 22.5 Å². The fourth-order valence-corrected chi connectivity index (χ4v) is 3.82. The Morgan fingerprint density at radius 2 is 1.73 bits per heavy atom. The van der Waals surface area contributed by atoms with Crippen molar-refractivity contribution < 1.29 is 26.5 Å². The first-order valence-electron chi connectivity index (χ1n) is 7.06. The summed E-state index contributed by atoms with van der Waals surface area (Å²) in [5.41, 5.74) is -1.22. The molecule has 2 aromatic heterocycles. The molecule has 0 spiro atoms. The molecule has 10 heteroatoms. The zero-order valence-corrected chi connectivity index (χ0v) is 14.4. The number of nitrogens with zero attached hydrogens (tertiary/aromatic N) is 2. The molecule has 0 radical (unpaired) electrons. The molecular formula is C16H9F5N2OS2. The number of aromatic nitrogens is 2. The molecule has 0 saturated heterocycles. The van der Waals surface area contributed by atoms with Gasteiger partial charge in [-0.1, -0.05) is 6.07 Å². The van der Waals surface area contributed by atoms with Crippen LogP contribution in [0.25, 0.3) is 10.6 Å². The van der Waals surface area contributed by atoms with Crippen molar-refractivity contribution in [2.75, 3.05) is 0 Å². The number of hydrogen-bond donors (Lipinski definition) is 0. The van der Waals surface area contributed by atoms with E-state index in [1.807, 2.05) is 0 Å². The van der Waals surface area contributed by atoms with Crippen LogP contribution in [0.2, 0.25) is 0 Å². The lowest BCUT2D eigenvalue weighted by atomic mass is 10.2.